The van der Waals surface area contributed by atoms with Crippen LogP contribution >= 0.6 is 0 Å². The Kier molecular flexibility index (Phi) is 2.45. The molecule has 0 atom stereocenters. The minimum atomic E-state index is -1.24. The molecule has 1 aromatic heterocycles. The molecule has 0 bridgehead atoms. The van der Waals surface area contributed by atoms with Crippen molar-refractivity contribution in [2.24, 2.45) is 5.92 Å². The number of carboxylic acids is 1. The molecule has 2 rings (SSSR count). The Morgan fingerprint density at radius 2 is 2.33 bits per heavy atom. The first-order valence-electron chi connectivity index (χ1n) is 4.76. The molecule has 0 unspecified atom stereocenters. The smallest absolute Gasteiger partial charge is 0.402 e. The van der Waals surface area contributed by atoms with Crippen LogP contribution in [-0.4, -0.2) is 17.7 Å². The van der Waals surface area contributed by atoms with Crippen LogP contribution in [0.4, 0.5) is 0 Å². The number of hydrogen-bond donors (Lipinski definition) is 1. The Labute approximate surface area is 86.5 Å². The normalized spacial score (nSPS) is 14.9. The lowest BCUT2D eigenvalue weighted by Gasteiger charge is -2.05. The number of carbonyl (C=O) groups is 1. The van der Waals surface area contributed by atoms with Crippen molar-refractivity contribution in [1.29, 1.82) is 0 Å². The third-order valence-electron chi connectivity index (χ3n) is 2.29. The number of rotatable bonds is 4. The number of carboxylic acid groups (broad SMARTS) is 1. The zero-order valence-corrected chi connectivity index (χ0v) is 8.05. The number of nitrogens with zero attached hydrogens (tertiary/aromatic N) is 1. The van der Waals surface area contributed by atoms with E-state index in [0.717, 1.165) is 6.20 Å². The minimum absolute atomic E-state index is 0.297. The second-order valence-corrected chi connectivity index (χ2v) is 3.64. The van der Waals surface area contributed by atoms with Gasteiger partial charge in [-0.3, -0.25) is 0 Å². The van der Waals surface area contributed by atoms with Crippen molar-refractivity contribution in [2.45, 2.75) is 12.8 Å². The summed E-state index contributed by atoms with van der Waals surface area (Å²) in [5.74, 6) is -0.218. The summed E-state index contributed by atoms with van der Waals surface area (Å²) in [6.07, 6.45) is 3.49. The zero-order chi connectivity index (χ0) is 10.8. The van der Waals surface area contributed by atoms with Crippen molar-refractivity contribution >= 4 is 5.97 Å². The molecule has 1 aliphatic carbocycles. The molecule has 1 saturated carbocycles. The van der Waals surface area contributed by atoms with Gasteiger partial charge in [-0.05, 0) is 24.8 Å². The highest BCUT2D eigenvalue weighted by Gasteiger charge is 2.22. The van der Waals surface area contributed by atoms with Crippen molar-refractivity contribution in [3.63, 3.8) is 0 Å². The van der Waals surface area contributed by atoms with Gasteiger partial charge in [0.15, 0.2) is 5.75 Å². The molecule has 1 fully saturated rings. The van der Waals surface area contributed by atoms with Crippen molar-refractivity contribution in [1.82, 2.24) is 0 Å². The fourth-order valence-electron chi connectivity index (χ4n) is 1.21. The van der Waals surface area contributed by atoms with Gasteiger partial charge >= 0.3 is 11.7 Å². The van der Waals surface area contributed by atoms with E-state index in [1.807, 2.05) is 0 Å². The SMILES string of the molecule is O=C(O)c1ccc(OCC2CC2)c[n+]1[O-]. The Morgan fingerprint density at radius 3 is 2.87 bits per heavy atom. The van der Waals surface area contributed by atoms with Crippen molar-refractivity contribution in [3.05, 3.63) is 29.2 Å². The highest BCUT2D eigenvalue weighted by Crippen LogP contribution is 2.29. The standard InChI is InChI=1S/C10H11NO4/c12-10(13)9-4-3-8(5-11(9)14)15-6-7-1-2-7/h3-5,7H,1-2,6H2,(H,12,13). The molecule has 1 N–H and O–H groups in total. The first-order chi connectivity index (χ1) is 7.16. The Bertz CT molecular complexity index is 387. The van der Waals surface area contributed by atoms with Crippen molar-refractivity contribution in [3.8, 4) is 5.75 Å². The first kappa shape index (κ1) is 9.76. The lowest BCUT2D eigenvalue weighted by atomic mass is 10.3. The van der Waals surface area contributed by atoms with Crippen LogP contribution in [0.5, 0.6) is 5.75 Å². The summed E-state index contributed by atoms with van der Waals surface area (Å²) in [4.78, 5) is 10.5. The summed E-state index contributed by atoms with van der Waals surface area (Å²) in [5, 5.41) is 19.8. The third kappa shape index (κ3) is 2.37. The number of aromatic nitrogens is 1. The van der Waals surface area contributed by atoms with Crippen molar-refractivity contribution < 1.29 is 19.4 Å². The minimum Gasteiger partial charge on any atom is -0.618 e. The molecule has 0 spiro atoms. The Hall–Kier alpha value is -1.78. The highest BCUT2D eigenvalue weighted by molar-refractivity contribution is 5.83. The predicted molar refractivity (Wildman–Crippen MR) is 50.6 cm³/mol. The summed E-state index contributed by atoms with van der Waals surface area (Å²) in [6, 6.07) is 2.75. The van der Waals surface area contributed by atoms with Crippen molar-refractivity contribution in [2.75, 3.05) is 6.61 Å². The summed E-state index contributed by atoms with van der Waals surface area (Å²) >= 11 is 0. The summed E-state index contributed by atoms with van der Waals surface area (Å²) in [7, 11) is 0. The molecule has 80 valence electrons. The Balaban J connectivity index is 2.06. The molecule has 1 aromatic rings. The van der Waals surface area contributed by atoms with E-state index in [4.69, 9.17) is 9.84 Å². The van der Waals surface area contributed by atoms with E-state index in [1.165, 1.54) is 25.0 Å². The maximum atomic E-state index is 11.2. The van der Waals surface area contributed by atoms with Crippen LogP contribution in [0.3, 0.4) is 0 Å². The second-order valence-electron chi connectivity index (χ2n) is 3.64. The van der Waals surface area contributed by atoms with Gasteiger partial charge in [-0.15, -0.1) is 0 Å². The van der Waals surface area contributed by atoms with Gasteiger partial charge in [-0.1, -0.05) is 0 Å². The van der Waals surface area contributed by atoms with E-state index in [-0.39, 0.29) is 5.69 Å². The van der Waals surface area contributed by atoms with Gasteiger partial charge < -0.3 is 15.1 Å². The van der Waals surface area contributed by atoms with Crippen LogP contribution in [0.1, 0.15) is 23.3 Å². The van der Waals surface area contributed by atoms with Gasteiger partial charge in [-0.2, -0.15) is 4.73 Å². The van der Waals surface area contributed by atoms with E-state index in [2.05, 4.69) is 0 Å². The third-order valence-corrected chi connectivity index (χ3v) is 2.29. The number of aromatic carboxylic acids is 1. The van der Waals surface area contributed by atoms with E-state index in [0.29, 0.717) is 23.0 Å². The van der Waals surface area contributed by atoms with Crippen LogP contribution in [0.15, 0.2) is 18.3 Å². The summed E-state index contributed by atoms with van der Waals surface area (Å²) in [5.41, 5.74) is -0.297. The fourth-order valence-corrected chi connectivity index (χ4v) is 1.21. The van der Waals surface area contributed by atoms with Gasteiger partial charge in [-0.25, -0.2) is 4.79 Å². The van der Waals surface area contributed by atoms with Gasteiger partial charge in [0, 0.05) is 6.07 Å². The molecule has 15 heavy (non-hydrogen) atoms. The maximum Gasteiger partial charge on any atom is 0.402 e. The quantitative estimate of drug-likeness (QED) is 0.588. The molecule has 0 aliphatic heterocycles. The average Bonchev–Trinajstić information content (AvgIpc) is 2.97. The van der Waals surface area contributed by atoms with E-state index in [1.54, 1.807) is 0 Å². The van der Waals surface area contributed by atoms with Crippen LogP contribution in [0.25, 0.3) is 0 Å². The van der Waals surface area contributed by atoms with E-state index in [9.17, 15) is 10.0 Å². The van der Waals surface area contributed by atoms with Gasteiger partial charge in [0.05, 0.1) is 6.61 Å². The average molecular weight is 209 g/mol. The molecular formula is C10H11NO4. The number of pyridine rings is 1. The zero-order valence-electron chi connectivity index (χ0n) is 8.05. The first-order valence-corrected chi connectivity index (χ1v) is 4.76. The predicted octanol–water partition coefficient (Wildman–Crippen LogP) is 0.807. The molecular weight excluding hydrogens is 198 g/mol. The lowest BCUT2D eigenvalue weighted by molar-refractivity contribution is -0.608. The summed E-state index contributed by atoms with van der Waals surface area (Å²) in [6.45, 7) is 0.604. The highest BCUT2D eigenvalue weighted by atomic mass is 16.5. The van der Waals surface area contributed by atoms with Crippen LogP contribution in [-0.2, 0) is 0 Å². The van der Waals surface area contributed by atoms with E-state index < -0.39 is 5.97 Å². The number of ether oxygens (including phenoxy) is 1. The second kappa shape index (κ2) is 3.76. The molecule has 0 saturated heterocycles. The van der Waals surface area contributed by atoms with E-state index >= 15 is 0 Å². The van der Waals surface area contributed by atoms with Gasteiger partial charge in [0.1, 0.15) is 0 Å². The molecule has 5 nitrogen and oxygen atoms in total. The topological polar surface area (TPSA) is 73.5 Å². The molecule has 0 amide bonds. The molecule has 1 heterocycles. The summed E-state index contributed by atoms with van der Waals surface area (Å²) < 4.78 is 5.64. The lowest BCUT2D eigenvalue weighted by Crippen LogP contribution is -2.34. The van der Waals surface area contributed by atoms with Crippen LogP contribution < -0.4 is 9.47 Å². The van der Waals surface area contributed by atoms with Crippen LogP contribution in [0.2, 0.25) is 0 Å². The van der Waals surface area contributed by atoms with Gasteiger partial charge in [0.2, 0.25) is 6.20 Å². The van der Waals surface area contributed by atoms with Gasteiger partial charge in [0.25, 0.3) is 0 Å². The number of hydrogen-bond acceptors (Lipinski definition) is 3. The maximum absolute atomic E-state index is 11.2. The van der Waals surface area contributed by atoms with Crippen LogP contribution in [0, 0.1) is 11.1 Å². The fraction of sp³-hybridized carbons (Fsp3) is 0.400. The largest absolute Gasteiger partial charge is 0.618 e. The monoisotopic (exact) mass is 209 g/mol. The Morgan fingerprint density at radius 1 is 1.60 bits per heavy atom. The molecule has 0 aromatic carbocycles. The molecule has 0 radical (unpaired) electrons. The molecule has 1 aliphatic rings. The molecule has 5 heteroatoms.